The molecule has 4 aliphatic rings. The zero-order valence-corrected chi connectivity index (χ0v) is 28.9. The molecule has 52 heavy (non-hydrogen) atoms. The van der Waals surface area contributed by atoms with Gasteiger partial charge in [0.15, 0.2) is 0 Å². The Kier molecular flexibility index (Phi) is 9.40. The molecule has 3 atom stereocenters. The van der Waals surface area contributed by atoms with Crippen molar-refractivity contribution in [1.29, 1.82) is 0 Å². The van der Waals surface area contributed by atoms with Crippen LogP contribution in [0.3, 0.4) is 0 Å². The first kappa shape index (κ1) is 33.5. The van der Waals surface area contributed by atoms with E-state index >= 15 is 0 Å². The topological polar surface area (TPSA) is 108 Å². The summed E-state index contributed by atoms with van der Waals surface area (Å²) in [6, 6.07) is 29.3. The van der Waals surface area contributed by atoms with Crippen LogP contribution in [0.1, 0.15) is 75.7 Å². The first-order chi connectivity index (χ1) is 25.4. The van der Waals surface area contributed by atoms with E-state index in [2.05, 4.69) is 70.6 Å². The number of rotatable bonds is 9. The smallest absolute Gasteiger partial charge is 0.255 e. The van der Waals surface area contributed by atoms with Crippen molar-refractivity contribution >= 4 is 17.7 Å². The highest BCUT2D eigenvalue weighted by Gasteiger charge is 2.39. The molecule has 4 heterocycles. The molecule has 2 unspecified atom stereocenters. The van der Waals surface area contributed by atoms with E-state index in [1.165, 1.54) is 11.1 Å². The maximum atomic E-state index is 12.9. The van der Waals surface area contributed by atoms with Crippen molar-refractivity contribution in [1.82, 2.24) is 15.1 Å². The van der Waals surface area contributed by atoms with Gasteiger partial charge in [-0.2, -0.15) is 0 Å². The highest BCUT2D eigenvalue weighted by atomic mass is 16.5. The molecule has 4 aromatic carbocycles. The molecule has 0 saturated carbocycles. The molecule has 2 fully saturated rings. The zero-order valence-electron chi connectivity index (χ0n) is 28.9. The Bertz CT molecular complexity index is 2050. The average Bonchev–Trinajstić information content (AvgIpc) is 3.46. The summed E-state index contributed by atoms with van der Waals surface area (Å²) in [6.45, 7) is 4.48. The van der Waals surface area contributed by atoms with Gasteiger partial charge in [0.1, 0.15) is 29.9 Å². The number of phenols is 1. The number of hydrogen-bond acceptors (Lipinski definition) is 7. The summed E-state index contributed by atoms with van der Waals surface area (Å²) >= 11 is 0. The number of nitrogens with one attached hydrogen (secondary N) is 1. The predicted molar refractivity (Wildman–Crippen MR) is 195 cm³/mol. The molecule has 0 bridgehead atoms. The van der Waals surface area contributed by atoms with Crippen molar-refractivity contribution in [3.8, 4) is 29.1 Å². The molecule has 0 aliphatic carbocycles. The number of hydrogen-bond donors (Lipinski definition) is 2. The molecular weight excluding hydrogens is 654 g/mol. The second-order valence-corrected chi connectivity index (χ2v) is 14.2. The summed E-state index contributed by atoms with van der Waals surface area (Å²) in [5.74, 6) is 8.37. The Morgan fingerprint density at radius 1 is 0.923 bits per heavy atom. The number of carbonyl (C=O) groups is 3. The second kappa shape index (κ2) is 14.6. The molecule has 2 saturated heterocycles. The fourth-order valence-corrected chi connectivity index (χ4v) is 8.00. The van der Waals surface area contributed by atoms with Crippen LogP contribution in [0.5, 0.6) is 17.2 Å². The van der Waals surface area contributed by atoms with Gasteiger partial charge in [0.2, 0.25) is 11.8 Å². The number of benzene rings is 4. The Hall–Kier alpha value is -5.59. The van der Waals surface area contributed by atoms with Crippen molar-refractivity contribution in [2.45, 2.75) is 50.1 Å². The monoisotopic (exact) mass is 695 g/mol. The standard InChI is InChI=1S/C43H41N3O6/c47-33-13-17-36-39(23-33)52-27-37(30-8-2-1-3-9-30)41(36)31-11-14-34(15-12-31)51-21-20-45-24-29(25-45)7-5-4-6-28-10-16-35-32(22-28)26-46(43(35)50)38-18-19-40(48)44-42(38)49/h1-3,8-17,22-23,29,37-38,41,47H,5,7,18-21,24-27H2,(H,44,48,49)/t37-,38?,41?/m1/s1. The van der Waals surface area contributed by atoms with E-state index in [1.54, 1.807) is 23.1 Å². The largest absolute Gasteiger partial charge is 0.508 e. The Morgan fingerprint density at radius 2 is 1.75 bits per heavy atom. The molecular formula is C43H41N3O6. The lowest BCUT2D eigenvalue weighted by atomic mass is 9.76. The van der Waals surface area contributed by atoms with Gasteiger partial charge in [0.25, 0.3) is 5.91 Å². The van der Waals surface area contributed by atoms with Gasteiger partial charge in [0.05, 0.1) is 6.61 Å². The molecule has 0 aromatic heterocycles. The highest BCUT2D eigenvalue weighted by Crippen LogP contribution is 2.47. The van der Waals surface area contributed by atoms with Crippen molar-refractivity contribution in [3.63, 3.8) is 0 Å². The first-order valence-electron chi connectivity index (χ1n) is 18.1. The van der Waals surface area contributed by atoms with Crippen molar-refractivity contribution in [2.75, 3.05) is 32.8 Å². The summed E-state index contributed by atoms with van der Waals surface area (Å²) in [5.41, 5.74) is 5.83. The summed E-state index contributed by atoms with van der Waals surface area (Å²) in [6.07, 6.45) is 2.45. The van der Waals surface area contributed by atoms with Crippen LogP contribution in [0.4, 0.5) is 0 Å². The van der Waals surface area contributed by atoms with Crippen LogP contribution in [0.15, 0.2) is 91.0 Å². The van der Waals surface area contributed by atoms with Crippen LogP contribution in [0.2, 0.25) is 0 Å². The van der Waals surface area contributed by atoms with Gasteiger partial charge < -0.3 is 19.5 Å². The number of carbonyl (C=O) groups excluding carboxylic acids is 3. The van der Waals surface area contributed by atoms with Crippen LogP contribution >= 0.6 is 0 Å². The summed E-state index contributed by atoms with van der Waals surface area (Å²) in [7, 11) is 0. The quantitative estimate of drug-likeness (QED) is 0.173. The van der Waals surface area contributed by atoms with Crippen LogP contribution in [-0.2, 0) is 16.1 Å². The third kappa shape index (κ3) is 6.99. The van der Waals surface area contributed by atoms with Gasteiger partial charge in [-0.15, -0.1) is 0 Å². The van der Waals surface area contributed by atoms with E-state index in [9.17, 15) is 19.5 Å². The number of amides is 3. The van der Waals surface area contributed by atoms with Crippen LogP contribution < -0.4 is 14.8 Å². The van der Waals surface area contributed by atoms with Crippen LogP contribution in [0, 0.1) is 17.8 Å². The molecule has 4 aliphatic heterocycles. The zero-order chi connectivity index (χ0) is 35.6. The molecule has 9 nitrogen and oxygen atoms in total. The Labute approximate surface area is 303 Å². The number of nitrogens with zero attached hydrogens (tertiary/aromatic N) is 2. The molecule has 0 radical (unpaired) electrons. The number of aromatic hydroxyl groups is 1. The van der Waals surface area contributed by atoms with Gasteiger partial charge in [-0.05, 0) is 71.8 Å². The molecule has 4 aromatic rings. The van der Waals surface area contributed by atoms with Crippen LogP contribution in [-0.4, -0.2) is 71.5 Å². The summed E-state index contributed by atoms with van der Waals surface area (Å²) in [4.78, 5) is 40.8. The number of piperidine rings is 1. The molecule has 8 rings (SSSR count). The number of ether oxygens (including phenoxy) is 2. The van der Waals surface area contributed by atoms with E-state index in [1.807, 2.05) is 24.3 Å². The first-order valence-corrected chi connectivity index (χ1v) is 18.1. The van der Waals surface area contributed by atoms with Gasteiger partial charge in [-0.3, -0.25) is 24.6 Å². The molecule has 264 valence electrons. The lowest BCUT2D eigenvalue weighted by molar-refractivity contribution is -0.136. The van der Waals surface area contributed by atoms with E-state index in [0.717, 1.165) is 60.7 Å². The minimum Gasteiger partial charge on any atom is -0.508 e. The third-order valence-corrected chi connectivity index (χ3v) is 10.8. The summed E-state index contributed by atoms with van der Waals surface area (Å²) < 4.78 is 12.3. The number of fused-ring (bicyclic) bond motifs is 2. The van der Waals surface area contributed by atoms with E-state index < -0.39 is 11.9 Å². The van der Waals surface area contributed by atoms with Crippen molar-refractivity contribution in [3.05, 3.63) is 124 Å². The Balaban J connectivity index is 0.785. The van der Waals surface area contributed by atoms with E-state index in [0.29, 0.717) is 37.7 Å². The molecule has 9 heteroatoms. The van der Waals surface area contributed by atoms with Gasteiger partial charge in [-0.25, -0.2) is 0 Å². The molecule has 3 amide bonds. The number of imide groups is 1. The van der Waals surface area contributed by atoms with Gasteiger partial charge in [0, 0.05) is 73.6 Å². The minimum absolute atomic E-state index is 0.0976. The highest BCUT2D eigenvalue weighted by molar-refractivity contribution is 6.05. The van der Waals surface area contributed by atoms with Crippen molar-refractivity contribution < 1.29 is 29.0 Å². The van der Waals surface area contributed by atoms with Crippen LogP contribution in [0.25, 0.3) is 0 Å². The average molecular weight is 696 g/mol. The summed E-state index contributed by atoms with van der Waals surface area (Å²) in [5, 5.41) is 12.4. The SMILES string of the molecule is O=C1CCC(N2Cc3cc(C#CCCC4CN(CCOc5ccc(C6c7ccc(O)cc7OC[C@@H]6c6ccccc6)cc5)C4)ccc3C2=O)C(=O)N1. The second-order valence-electron chi connectivity index (χ2n) is 14.2. The lowest BCUT2D eigenvalue weighted by Crippen LogP contribution is -2.52. The fraction of sp³-hybridized carbons (Fsp3) is 0.326. The maximum Gasteiger partial charge on any atom is 0.255 e. The predicted octanol–water partition coefficient (Wildman–Crippen LogP) is 5.60. The number of phenolic OH excluding ortho intramolecular Hbond substituents is 1. The molecule has 2 N–H and O–H groups in total. The number of likely N-dealkylation sites (tertiary alicyclic amines) is 1. The van der Waals surface area contributed by atoms with E-state index in [-0.39, 0.29) is 35.8 Å². The van der Waals surface area contributed by atoms with E-state index in [4.69, 9.17) is 9.47 Å². The fourth-order valence-electron chi connectivity index (χ4n) is 8.00. The Morgan fingerprint density at radius 3 is 2.56 bits per heavy atom. The lowest BCUT2D eigenvalue weighted by Gasteiger charge is -2.39. The third-order valence-electron chi connectivity index (χ3n) is 10.8. The van der Waals surface area contributed by atoms with Gasteiger partial charge in [-0.1, -0.05) is 60.4 Å². The maximum absolute atomic E-state index is 12.9. The normalized spacial score (nSPS) is 21.3. The minimum atomic E-state index is -0.610. The van der Waals surface area contributed by atoms with Gasteiger partial charge >= 0.3 is 0 Å². The van der Waals surface area contributed by atoms with Crippen molar-refractivity contribution in [2.24, 2.45) is 5.92 Å². The molecule has 0 spiro atoms.